The largest absolute Gasteiger partial charge is 0.481 e. The fourth-order valence-electron chi connectivity index (χ4n) is 1.98. The summed E-state index contributed by atoms with van der Waals surface area (Å²) < 4.78 is 0. The van der Waals surface area contributed by atoms with Gasteiger partial charge in [-0.05, 0) is 26.0 Å². The van der Waals surface area contributed by atoms with Crippen molar-refractivity contribution >= 4 is 11.8 Å². The van der Waals surface area contributed by atoms with Gasteiger partial charge in [0, 0.05) is 42.8 Å². The molecule has 2 aromatic rings. The van der Waals surface area contributed by atoms with Gasteiger partial charge in [-0.3, -0.25) is 9.78 Å². The highest BCUT2D eigenvalue weighted by atomic mass is 16.4. The van der Waals surface area contributed by atoms with Gasteiger partial charge in [0.25, 0.3) is 0 Å². The van der Waals surface area contributed by atoms with E-state index >= 15 is 0 Å². The van der Waals surface area contributed by atoms with E-state index in [0.717, 1.165) is 22.6 Å². The van der Waals surface area contributed by atoms with Crippen molar-refractivity contribution in [1.82, 2.24) is 15.0 Å². The first kappa shape index (κ1) is 14.9. The summed E-state index contributed by atoms with van der Waals surface area (Å²) in [7, 11) is 1.84. The third-order valence-electron chi connectivity index (χ3n) is 3.32. The van der Waals surface area contributed by atoms with Crippen molar-refractivity contribution in [2.45, 2.75) is 20.3 Å². The fourth-order valence-corrected chi connectivity index (χ4v) is 1.98. The van der Waals surface area contributed by atoms with Crippen LogP contribution >= 0.6 is 0 Å². The van der Waals surface area contributed by atoms with Gasteiger partial charge in [0.15, 0.2) is 5.82 Å². The van der Waals surface area contributed by atoms with E-state index in [-0.39, 0.29) is 6.42 Å². The van der Waals surface area contributed by atoms with Crippen LogP contribution in [0.4, 0.5) is 5.82 Å². The number of aliphatic carboxylic acids is 1. The zero-order valence-electron chi connectivity index (χ0n) is 12.4. The summed E-state index contributed by atoms with van der Waals surface area (Å²) in [5.74, 6) is 0.563. The molecular formula is C15H18N4O2. The Kier molecular flexibility index (Phi) is 4.47. The number of aromatic nitrogens is 3. The van der Waals surface area contributed by atoms with Crippen LogP contribution < -0.4 is 4.90 Å². The molecule has 0 atom stereocenters. The zero-order chi connectivity index (χ0) is 15.4. The van der Waals surface area contributed by atoms with E-state index in [2.05, 4.69) is 15.0 Å². The lowest BCUT2D eigenvalue weighted by Gasteiger charge is -2.21. The molecule has 0 aromatic carbocycles. The number of carbonyl (C=O) groups is 1. The van der Waals surface area contributed by atoms with E-state index in [1.165, 1.54) is 0 Å². The van der Waals surface area contributed by atoms with Gasteiger partial charge in [0.1, 0.15) is 5.82 Å². The Morgan fingerprint density at radius 1 is 1.24 bits per heavy atom. The first-order valence-electron chi connectivity index (χ1n) is 6.67. The van der Waals surface area contributed by atoms with E-state index < -0.39 is 5.97 Å². The number of hydrogen-bond acceptors (Lipinski definition) is 5. The third kappa shape index (κ3) is 3.53. The van der Waals surface area contributed by atoms with E-state index in [9.17, 15) is 4.79 Å². The van der Waals surface area contributed by atoms with Gasteiger partial charge in [-0.2, -0.15) is 0 Å². The monoisotopic (exact) mass is 286 g/mol. The van der Waals surface area contributed by atoms with Crippen LogP contribution in [0, 0.1) is 13.8 Å². The number of hydrogen-bond donors (Lipinski definition) is 1. The predicted octanol–water partition coefficient (Wildman–Crippen LogP) is 2.07. The summed E-state index contributed by atoms with van der Waals surface area (Å²) in [6.45, 7) is 4.27. The van der Waals surface area contributed by atoms with Crippen LogP contribution in [0.2, 0.25) is 0 Å². The molecular weight excluding hydrogens is 268 g/mol. The molecule has 0 fully saturated rings. The minimum atomic E-state index is -0.820. The van der Waals surface area contributed by atoms with Gasteiger partial charge in [-0.15, -0.1) is 0 Å². The number of aryl methyl sites for hydroxylation is 1. The van der Waals surface area contributed by atoms with Crippen LogP contribution in [0.3, 0.4) is 0 Å². The molecule has 0 aliphatic rings. The Hall–Kier alpha value is -2.50. The predicted molar refractivity (Wildman–Crippen MR) is 80.3 cm³/mol. The number of nitrogens with zero attached hydrogens (tertiary/aromatic N) is 4. The van der Waals surface area contributed by atoms with Gasteiger partial charge >= 0.3 is 5.97 Å². The molecule has 110 valence electrons. The van der Waals surface area contributed by atoms with Crippen molar-refractivity contribution < 1.29 is 9.90 Å². The molecule has 0 spiro atoms. The molecule has 6 heteroatoms. The van der Waals surface area contributed by atoms with E-state index in [1.54, 1.807) is 12.4 Å². The summed E-state index contributed by atoms with van der Waals surface area (Å²) in [4.78, 5) is 25.6. The quantitative estimate of drug-likeness (QED) is 0.906. The van der Waals surface area contributed by atoms with Gasteiger partial charge in [-0.25, -0.2) is 9.97 Å². The number of anilines is 1. The van der Waals surface area contributed by atoms with E-state index in [4.69, 9.17) is 5.11 Å². The van der Waals surface area contributed by atoms with E-state index in [0.29, 0.717) is 12.4 Å². The van der Waals surface area contributed by atoms with Gasteiger partial charge in [-0.1, -0.05) is 0 Å². The lowest BCUT2D eigenvalue weighted by Crippen LogP contribution is -2.23. The van der Waals surface area contributed by atoms with Crippen molar-refractivity contribution in [3.8, 4) is 11.4 Å². The summed E-state index contributed by atoms with van der Waals surface area (Å²) in [6, 6.07) is 3.70. The maximum Gasteiger partial charge on any atom is 0.305 e. The average molecular weight is 286 g/mol. The van der Waals surface area contributed by atoms with Crippen molar-refractivity contribution in [2.75, 3.05) is 18.5 Å². The Bertz CT molecular complexity index is 644. The molecule has 0 saturated heterocycles. The second-order valence-electron chi connectivity index (χ2n) is 4.88. The van der Waals surface area contributed by atoms with Crippen molar-refractivity contribution in [1.29, 1.82) is 0 Å². The second-order valence-corrected chi connectivity index (χ2v) is 4.88. The molecule has 0 amide bonds. The first-order chi connectivity index (χ1) is 9.99. The molecule has 0 saturated carbocycles. The normalized spacial score (nSPS) is 10.4. The highest BCUT2D eigenvalue weighted by Crippen LogP contribution is 2.23. The molecule has 2 aromatic heterocycles. The first-order valence-corrected chi connectivity index (χ1v) is 6.67. The van der Waals surface area contributed by atoms with Crippen LogP contribution in [0.5, 0.6) is 0 Å². The highest BCUT2D eigenvalue weighted by molar-refractivity contribution is 5.68. The third-order valence-corrected chi connectivity index (χ3v) is 3.32. The van der Waals surface area contributed by atoms with Gasteiger partial charge in [0.05, 0.1) is 6.42 Å². The van der Waals surface area contributed by atoms with Crippen LogP contribution in [-0.4, -0.2) is 39.6 Å². The van der Waals surface area contributed by atoms with Crippen molar-refractivity contribution in [2.24, 2.45) is 0 Å². The Labute approximate surface area is 123 Å². The molecule has 21 heavy (non-hydrogen) atoms. The van der Waals surface area contributed by atoms with Crippen molar-refractivity contribution in [3.63, 3.8) is 0 Å². The SMILES string of the molecule is Cc1nc(-c2ccncc2)nc(N(C)CCC(=O)O)c1C. The standard InChI is InChI=1S/C15H18N4O2/c1-10-11(2)17-14(12-4-7-16-8-5-12)18-15(10)19(3)9-6-13(20)21/h4-5,7-8H,6,9H2,1-3H3,(H,20,21). The van der Waals surface area contributed by atoms with Gasteiger partial charge in [0.2, 0.25) is 0 Å². The Morgan fingerprint density at radius 2 is 1.90 bits per heavy atom. The van der Waals surface area contributed by atoms with Crippen LogP contribution in [0.15, 0.2) is 24.5 Å². The Balaban J connectivity index is 2.37. The maximum absolute atomic E-state index is 10.7. The molecule has 0 bridgehead atoms. The zero-order valence-corrected chi connectivity index (χ0v) is 12.4. The second kappa shape index (κ2) is 6.30. The van der Waals surface area contributed by atoms with Crippen LogP contribution in [-0.2, 0) is 4.79 Å². The number of carboxylic acids is 1. The lowest BCUT2D eigenvalue weighted by atomic mass is 10.2. The summed E-state index contributed by atoms with van der Waals surface area (Å²) in [6.07, 6.45) is 3.47. The van der Waals surface area contributed by atoms with Crippen LogP contribution in [0.1, 0.15) is 17.7 Å². The molecule has 2 rings (SSSR count). The van der Waals surface area contributed by atoms with E-state index in [1.807, 2.05) is 37.9 Å². The van der Waals surface area contributed by atoms with Gasteiger partial charge < -0.3 is 10.0 Å². The molecule has 6 nitrogen and oxygen atoms in total. The number of carboxylic acid groups (broad SMARTS) is 1. The number of rotatable bonds is 5. The topological polar surface area (TPSA) is 79.2 Å². The minimum Gasteiger partial charge on any atom is -0.481 e. The Morgan fingerprint density at radius 3 is 2.52 bits per heavy atom. The molecule has 1 N–H and O–H groups in total. The molecule has 0 aliphatic carbocycles. The smallest absolute Gasteiger partial charge is 0.305 e. The van der Waals surface area contributed by atoms with Crippen LogP contribution in [0.25, 0.3) is 11.4 Å². The molecule has 0 aliphatic heterocycles. The van der Waals surface area contributed by atoms with Crippen molar-refractivity contribution in [3.05, 3.63) is 35.8 Å². The lowest BCUT2D eigenvalue weighted by molar-refractivity contribution is -0.136. The summed E-state index contributed by atoms with van der Waals surface area (Å²) in [5, 5.41) is 8.80. The minimum absolute atomic E-state index is 0.0730. The molecule has 2 heterocycles. The maximum atomic E-state index is 10.7. The fraction of sp³-hybridized carbons (Fsp3) is 0.333. The highest BCUT2D eigenvalue weighted by Gasteiger charge is 2.13. The summed E-state index contributed by atoms with van der Waals surface area (Å²) in [5.41, 5.74) is 2.73. The molecule has 0 radical (unpaired) electrons. The summed E-state index contributed by atoms with van der Waals surface area (Å²) >= 11 is 0. The molecule has 0 unspecified atom stereocenters. The number of pyridine rings is 1. The average Bonchev–Trinajstić information content (AvgIpc) is 2.48.